The van der Waals surface area contributed by atoms with Crippen LogP contribution in [0.5, 0.6) is 0 Å². The van der Waals surface area contributed by atoms with E-state index >= 15 is 0 Å². The van der Waals surface area contributed by atoms with Gasteiger partial charge in [0.05, 0.1) is 26.4 Å². The molecule has 0 spiro atoms. The van der Waals surface area contributed by atoms with Gasteiger partial charge in [0.15, 0.2) is 0 Å². The van der Waals surface area contributed by atoms with Gasteiger partial charge in [0.1, 0.15) is 0 Å². The van der Waals surface area contributed by atoms with E-state index in [1.807, 2.05) is 0 Å². The molecule has 0 aliphatic heterocycles. The van der Waals surface area contributed by atoms with Gasteiger partial charge in [0.25, 0.3) is 0 Å². The smallest absolute Gasteiger partial charge is 0.332 e. The molecule has 0 radical (unpaired) electrons. The van der Waals surface area contributed by atoms with Crippen molar-refractivity contribution in [3.8, 4) is 0 Å². The second-order valence-electron chi connectivity index (χ2n) is 9.75. The molecule has 0 heterocycles. The molecule has 182 valence electrons. The molecule has 4 nitrogen and oxygen atoms in total. The van der Waals surface area contributed by atoms with Crippen molar-refractivity contribution >= 4 is 8.60 Å². The average molecular weight is 449 g/mol. The van der Waals surface area contributed by atoms with Crippen LogP contribution in [0.2, 0.25) is 0 Å². The van der Waals surface area contributed by atoms with Crippen LogP contribution in [-0.4, -0.2) is 31.5 Å². The Labute approximate surface area is 189 Å². The predicted molar refractivity (Wildman–Crippen MR) is 131 cm³/mol. The average Bonchev–Trinajstić information content (AvgIpc) is 2.71. The molecule has 1 N–H and O–H groups in total. The quantitative estimate of drug-likeness (QED) is 0.126. The summed E-state index contributed by atoms with van der Waals surface area (Å²) in [6.07, 6.45) is 21.9. The molecule has 1 unspecified atom stereocenters. The van der Waals surface area contributed by atoms with Gasteiger partial charge in [-0.2, -0.15) is 0 Å². The molecule has 0 aliphatic rings. The second-order valence-corrected chi connectivity index (χ2v) is 11.0. The van der Waals surface area contributed by atoms with Gasteiger partial charge in [-0.05, 0) is 11.8 Å². The molecule has 0 aliphatic carbocycles. The maximum Gasteiger partial charge on any atom is 0.332 e. The van der Waals surface area contributed by atoms with Crippen molar-refractivity contribution in [2.24, 2.45) is 5.41 Å². The van der Waals surface area contributed by atoms with Gasteiger partial charge in [-0.3, -0.25) is 0 Å². The largest absolute Gasteiger partial charge is 0.394 e. The molecule has 0 fully saturated rings. The van der Waals surface area contributed by atoms with Gasteiger partial charge in [-0.25, -0.2) is 0 Å². The first-order valence-electron chi connectivity index (χ1n) is 12.8. The normalized spacial score (nSPS) is 13.1. The Kier molecular flexibility index (Phi) is 22.7. The van der Waals surface area contributed by atoms with E-state index in [2.05, 4.69) is 27.7 Å². The number of hydrogen-bond donors (Lipinski definition) is 1. The summed E-state index contributed by atoms with van der Waals surface area (Å²) < 4.78 is 17.0. The highest BCUT2D eigenvalue weighted by molar-refractivity contribution is 7.41. The highest BCUT2D eigenvalue weighted by Crippen LogP contribution is 2.41. The fourth-order valence-electron chi connectivity index (χ4n) is 3.26. The van der Waals surface area contributed by atoms with Gasteiger partial charge < -0.3 is 18.7 Å². The number of rotatable bonds is 23. The molecule has 0 aromatic carbocycles. The summed E-state index contributed by atoms with van der Waals surface area (Å²) in [5, 5.41) is 8.94. The van der Waals surface area contributed by atoms with Crippen molar-refractivity contribution in [3.63, 3.8) is 0 Å². The molecule has 0 aromatic heterocycles. The lowest BCUT2D eigenvalue weighted by molar-refractivity contribution is 0.108. The summed E-state index contributed by atoms with van der Waals surface area (Å²) in [4.78, 5) is 0. The van der Waals surface area contributed by atoms with Crippen LogP contribution < -0.4 is 0 Å². The van der Waals surface area contributed by atoms with E-state index in [9.17, 15) is 0 Å². The van der Waals surface area contributed by atoms with Gasteiger partial charge >= 0.3 is 8.60 Å². The van der Waals surface area contributed by atoms with Gasteiger partial charge in [0, 0.05) is 0 Å². The highest BCUT2D eigenvalue weighted by Gasteiger charge is 2.18. The van der Waals surface area contributed by atoms with Crippen LogP contribution in [0.3, 0.4) is 0 Å². The molecule has 0 bridgehead atoms. The van der Waals surface area contributed by atoms with E-state index in [0.29, 0.717) is 13.2 Å². The summed E-state index contributed by atoms with van der Waals surface area (Å²) in [6, 6.07) is 0. The van der Waals surface area contributed by atoms with Crippen LogP contribution in [0.1, 0.15) is 130 Å². The van der Waals surface area contributed by atoms with E-state index in [1.54, 1.807) is 0 Å². The van der Waals surface area contributed by atoms with E-state index in [1.165, 1.54) is 96.3 Å². The first kappa shape index (κ1) is 30.3. The standard InChI is InChI=1S/C25H53O4P/c1-5-6-7-8-9-10-11-12-13-14-15-16-17-18-19-20-22-27-30(28-23-21-26)29-24-25(2,3)4/h26H,5-24H2,1-4H3. The molecule has 0 saturated carbocycles. The van der Waals surface area contributed by atoms with Crippen LogP contribution in [0.4, 0.5) is 0 Å². The first-order valence-corrected chi connectivity index (χ1v) is 13.9. The maximum absolute atomic E-state index is 8.94. The number of unbranched alkanes of at least 4 members (excludes halogenated alkanes) is 15. The summed E-state index contributed by atoms with van der Waals surface area (Å²) in [5.41, 5.74) is 0.0841. The van der Waals surface area contributed by atoms with Crippen molar-refractivity contribution in [1.29, 1.82) is 0 Å². The van der Waals surface area contributed by atoms with Crippen LogP contribution in [0.15, 0.2) is 0 Å². The van der Waals surface area contributed by atoms with E-state index < -0.39 is 8.60 Å². The minimum atomic E-state index is -1.33. The maximum atomic E-state index is 8.94. The van der Waals surface area contributed by atoms with Crippen LogP contribution in [0, 0.1) is 5.41 Å². The minimum Gasteiger partial charge on any atom is -0.394 e. The van der Waals surface area contributed by atoms with Crippen LogP contribution in [-0.2, 0) is 13.6 Å². The zero-order valence-corrected chi connectivity index (χ0v) is 21.7. The fourth-order valence-corrected chi connectivity index (χ4v) is 4.49. The molecular formula is C25H53O4P. The summed E-state index contributed by atoms with van der Waals surface area (Å²) >= 11 is 0. The monoisotopic (exact) mass is 448 g/mol. The van der Waals surface area contributed by atoms with E-state index in [4.69, 9.17) is 18.7 Å². The van der Waals surface area contributed by atoms with Crippen molar-refractivity contribution < 1.29 is 18.7 Å². The third-order valence-corrected chi connectivity index (χ3v) is 6.21. The highest BCUT2D eigenvalue weighted by atomic mass is 31.2. The van der Waals surface area contributed by atoms with Crippen molar-refractivity contribution in [2.75, 3.05) is 26.4 Å². The van der Waals surface area contributed by atoms with Gasteiger partial charge in [0.2, 0.25) is 0 Å². The Hall–Kier alpha value is 0.270. The second kappa shape index (κ2) is 22.5. The van der Waals surface area contributed by atoms with E-state index in [0.717, 1.165) is 6.42 Å². The fraction of sp³-hybridized carbons (Fsp3) is 1.00. The molecule has 0 amide bonds. The Bertz CT molecular complexity index is 334. The molecule has 0 rings (SSSR count). The lowest BCUT2D eigenvalue weighted by atomic mass is 9.99. The third-order valence-electron chi connectivity index (χ3n) is 5.09. The summed E-state index contributed by atoms with van der Waals surface area (Å²) in [7, 11) is -1.33. The number of aliphatic hydroxyl groups is 1. The van der Waals surface area contributed by atoms with Crippen molar-refractivity contribution in [2.45, 2.75) is 130 Å². The Balaban J connectivity index is 3.38. The first-order chi connectivity index (χ1) is 14.5. The zero-order chi connectivity index (χ0) is 22.3. The summed E-state index contributed by atoms with van der Waals surface area (Å²) in [6.45, 7) is 10.2. The van der Waals surface area contributed by atoms with Gasteiger partial charge in [-0.15, -0.1) is 0 Å². The predicted octanol–water partition coefficient (Wildman–Crippen LogP) is 8.56. The van der Waals surface area contributed by atoms with Gasteiger partial charge in [-0.1, -0.05) is 124 Å². The lowest BCUT2D eigenvalue weighted by Gasteiger charge is -2.22. The Morgan fingerprint density at radius 1 is 0.567 bits per heavy atom. The third kappa shape index (κ3) is 24.5. The topological polar surface area (TPSA) is 47.9 Å². The number of aliphatic hydroxyl groups excluding tert-OH is 1. The lowest BCUT2D eigenvalue weighted by Crippen LogP contribution is -2.14. The number of hydrogen-bond acceptors (Lipinski definition) is 4. The molecule has 1 atom stereocenters. The van der Waals surface area contributed by atoms with Crippen molar-refractivity contribution in [3.05, 3.63) is 0 Å². The SMILES string of the molecule is CCCCCCCCCCCCCCCCCCOP(OCCO)OCC(C)(C)C. The molecule has 0 aromatic rings. The van der Waals surface area contributed by atoms with E-state index in [-0.39, 0.29) is 18.6 Å². The Morgan fingerprint density at radius 3 is 1.37 bits per heavy atom. The molecular weight excluding hydrogens is 395 g/mol. The van der Waals surface area contributed by atoms with Crippen molar-refractivity contribution in [1.82, 2.24) is 0 Å². The Morgan fingerprint density at radius 2 is 0.967 bits per heavy atom. The molecule has 5 heteroatoms. The molecule has 30 heavy (non-hydrogen) atoms. The van der Waals surface area contributed by atoms with Crippen LogP contribution in [0.25, 0.3) is 0 Å². The molecule has 0 saturated heterocycles. The zero-order valence-electron chi connectivity index (χ0n) is 20.8. The minimum absolute atomic E-state index is 0.000118. The van der Waals surface area contributed by atoms with Crippen LogP contribution >= 0.6 is 8.60 Å². The summed E-state index contributed by atoms with van der Waals surface area (Å²) in [5.74, 6) is 0.